The smallest absolute Gasteiger partial charge is 0.365 e. The van der Waals surface area contributed by atoms with Gasteiger partial charge in [0.15, 0.2) is 0 Å². The van der Waals surface area contributed by atoms with E-state index in [2.05, 4.69) is 24.9 Å². The summed E-state index contributed by atoms with van der Waals surface area (Å²) in [4.78, 5) is 16.1. The second kappa shape index (κ2) is 5.12. The van der Waals surface area contributed by atoms with E-state index in [0.717, 1.165) is 12.1 Å². The van der Waals surface area contributed by atoms with Crippen LogP contribution in [0.1, 0.15) is 16.1 Å². The van der Waals surface area contributed by atoms with Crippen LogP contribution in [0, 0.1) is 5.82 Å². The third-order valence-corrected chi connectivity index (χ3v) is 2.10. The second-order valence-electron chi connectivity index (χ2n) is 3.41. The normalized spacial score (nSPS) is 11.3. The van der Waals surface area contributed by atoms with Crippen LogP contribution in [0.5, 0.6) is 0 Å². The van der Waals surface area contributed by atoms with E-state index in [9.17, 15) is 9.18 Å². The molecule has 1 aromatic heterocycles. The minimum atomic E-state index is -0.797. The molecule has 0 aliphatic carbocycles. The number of oxime groups is 1. The number of nitrogens with zero attached hydrogens (tertiary/aromatic N) is 2. The van der Waals surface area contributed by atoms with E-state index in [4.69, 9.17) is 11.5 Å². The Hall–Kier alpha value is -2.97. The lowest BCUT2D eigenvalue weighted by Crippen LogP contribution is -2.18. The van der Waals surface area contributed by atoms with E-state index in [0.29, 0.717) is 0 Å². The van der Waals surface area contributed by atoms with Crippen molar-refractivity contribution in [3.05, 3.63) is 41.3 Å². The van der Waals surface area contributed by atoms with Crippen molar-refractivity contribution >= 4 is 17.6 Å². The van der Waals surface area contributed by atoms with Crippen LogP contribution in [0.15, 0.2) is 34.1 Å². The molecule has 0 aliphatic heterocycles. The quantitative estimate of drug-likeness (QED) is 0.339. The number of rotatable bonds is 3. The van der Waals surface area contributed by atoms with Crippen molar-refractivity contribution in [2.24, 2.45) is 10.9 Å². The van der Waals surface area contributed by atoms with Gasteiger partial charge in [0, 0.05) is 0 Å². The largest absolute Gasteiger partial charge is 0.378 e. The van der Waals surface area contributed by atoms with E-state index in [-0.39, 0.29) is 22.9 Å². The van der Waals surface area contributed by atoms with Crippen LogP contribution in [0.3, 0.4) is 0 Å². The Bertz CT molecular complexity index is 622. The van der Waals surface area contributed by atoms with Crippen LogP contribution in [0.25, 0.3) is 0 Å². The molecule has 1 aromatic carbocycles. The molecule has 0 radical (unpaired) electrons. The van der Waals surface area contributed by atoms with E-state index in [1.165, 1.54) is 12.1 Å². The second-order valence-corrected chi connectivity index (χ2v) is 3.41. The molecule has 8 nitrogen and oxygen atoms in total. The van der Waals surface area contributed by atoms with Crippen molar-refractivity contribution in [3.63, 3.8) is 0 Å². The zero-order valence-electron chi connectivity index (χ0n) is 9.46. The van der Waals surface area contributed by atoms with Gasteiger partial charge in [0.1, 0.15) is 5.82 Å². The average molecular weight is 266 g/mol. The summed E-state index contributed by atoms with van der Waals surface area (Å²) in [6, 6.07) is 4.74. The number of H-pyrrole nitrogens is 1. The number of aromatic amines is 1. The predicted molar refractivity (Wildman–Crippen MR) is 60.0 cm³/mol. The molecule has 0 amide bonds. The monoisotopic (exact) mass is 266 g/mol. The van der Waals surface area contributed by atoms with E-state index < -0.39 is 11.8 Å². The minimum Gasteiger partial charge on any atom is -0.378 e. The Morgan fingerprint density at radius 3 is 2.68 bits per heavy atom. The molecule has 9 heteroatoms. The first kappa shape index (κ1) is 12.5. The van der Waals surface area contributed by atoms with Gasteiger partial charge in [-0.3, -0.25) is 0 Å². The van der Waals surface area contributed by atoms with Gasteiger partial charge < -0.3 is 16.3 Å². The number of nitrogens with one attached hydrogen (secondary N) is 1. The molecule has 0 fully saturated rings. The lowest BCUT2D eigenvalue weighted by Gasteiger charge is -1.98. The minimum absolute atomic E-state index is 0.0203. The molecular formula is C10H9FN5O3+. The van der Waals surface area contributed by atoms with Crippen molar-refractivity contribution in [3.8, 4) is 0 Å². The van der Waals surface area contributed by atoms with Crippen LogP contribution in [0.2, 0.25) is 0 Å². The van der Waals surface area contributed by atoms with Gasteiger partial charge in [-0.25, -0.2) is 9.18 Å². The van der Waals surface area contributed by atoms with Crippen LogP contribution in [-0.2, 0) is 4.84 Å². The molecule has 0 saturated carbocycles. The summed E-state index contributed by atoms with van der Waals surface area (Å²) >= 11 is 0. The average Bonchev–Trinajstić information content (AvgIpc) is 2.83. The Balaban J connectivity index is 2.08. The first-order valence-electron chi connectivity index (χ1n) is 5.01. The maximum absolute atomic E-state index is 12.7. The molecule has 0 atom stereocenters. The number of halogens is 1. The maximum atomic E-state index is 12.7. The van der Waals surface area contributed by atoms with Gasteiger partial charge in [0.05, 0.1) is 10.7 Å². The van der Waals surface area contributed by atoms with E-state index in [1.54, 1.807) is 0 Å². The third kappa shape index (κ3) is 2.83. The summed E-state index contributed by atoms with van der Waals surface area (Å²) < 4.78 is 17.1. The standard InChI is InChI=1S/C10H8FN5O3/c11-6-3-1-5(2-4-6)10(17)18-15-8(12)7-9(13)16-19-14-7/h1-4H,(H2,12,15)(H2,13,16)/p+1. The number of nitrogen functional groups attached to an aromatic ring is 1. The number of hydrogen-bond donors (Lipinski definition) is 2. The first-order valence-corrected chi connectivity index (χ1v) is 5.01. The number of anilines is 1. The number of carbonyl (C=O) groups excluding carboxylic acids is 1. The zero-order valence-corrected chi connectivity index (χ0v) is 9.46. The molecule has 0 aliphatic rings. The van der Waals surface area contributed by atoms with Crippen molar-refractivity contribution in [1.82, 2.24) is 5.16 Å². The molecule has 2 rings (SSSR count). The fraction of sp³-hybridized carbons (Fsp3) is 0. The van der Waals surface area contributed by atoms with Crippen molar-refractivity contribution in [2.45, 2.75) is 0 Å². The number of hydrogen-bond acceptors (Lipinski definition) is 6. The van der Waals surface area contributed by atoms with Gasteiger partial charge in [-0.05, 0) is 24.3 Å². The summed E-state index contributed by atoms with van der Waals surface area (Å²) in [5.74, 6) is -1.46. The van der Waals surface area contributed by atoms with Crippen LogP contribution >= 0.6 is 0 Å². The molecule has 0 bridgehead atoms. The molecule has 5 N–H and O–H groups in total. The molecule has 2 aromatic rings. The van der Waals surface area contributed by atoms with Gasteiger partial charge in [-0.1, -0.05) is 10.3 Å². The number of amidine groups is 1. The predicted octanol–water partition coefficient (Wildman–Crippen LogP) is -0.313. The lowest BCUT2D eigenvalue weighted by molar-refractivity contribution is -0.610. The highest BCUT2D eigenvalue weighted by Gasteiger charge is 2.18. The molecule has 19 heavy (non-hydrogen) atoms. The Morgan fingerprint density at radius 2 is 2.11 bits per heavy atom. The topological polar surface area (TPSA) is 131 Å². The van der Waals surface area contributed by atoms with E-state index >= 15 is 0 Å². The fourth-order valence-corrected chi connectivity index (χ4v) is 1.17. The SMILES string of the molecule is NC(=NOC(=O)c1ccc(F)cc1)c1no[nH+]c1N. The summed E-state index contributed by atoms with van der Waals surface area (Å²) in [7, 11) is 0. The summed E-state index contributed by atoms with van der Waals surface area (Å²) in [6.07, 6.45) is 0. The van der Waals surface area contributed by atoms with Gasteiger partial charge in [-0.2, -0.15) is 0 Å². The lowest BCUT2D eigenvalue weighted by atomic mass is 10.2. The van der Waals surface area contributed by atoms with E-state index in [1.807, 2.05) is 0 Å². The molecule has 0 unspecified atom stereocenters. The van der Waals surface area contributed by atoms with Gasteiger partial charge in [0.25, 0.3) is 0 Å². The van der Waals surface area contributed by atoms with Crippen molar-refractivity contribution in [2.75, 3.05) is 5.73 Å². The highest BCUT2D eigenvalue weighted by atomic mass is 19.1. The number of carbonyl (C=O) groups is 1. The molecule has 0 saturated heterocycles. The van der Waals surface area contributed by atoms with Gasteiger partial charge >= 0.3 is 17.5 Å². The molecule has 0 spiro atoms. The summed E-state index contributed by atoms with van der Waals surface area (Å²) in [5.41, 5.74) is 11.0. The zero-order chi connectivity index (χ0) is 13.8. The van der Waals surface area contributed by atoms with Gasteiger partial charge in [0.2, 0.25) is 5.84 Å². The van der Waals surface area contributed by atoms with Crippen molar-refractivity contribution < 1.29 is 23.8 Å². The Labute approximate surface area is 105 Å². The molecule has 98 valence electrons. The first-order chi connectivity index (χ1) is 9.08. The number of aromatic nitrogens is 2. The number of benzene rings is 1. The fourth-order valence-electron chi connectivity index (χ4n) is 1.17. The number of nitrogens with two attached hydrogens (primary N) is 2. The maximum Gasteiger partial charge on any atom is 0.365 e. The highest BCUT2D eigenvalue weighted by Crippen LogP contribution is 2.05. The van der Waals surface area contributed by atoms with Crippen LogP contribution in [-0.4, -0.2) is 17.0 Å². The van der Waals surface area contributed by atoms with Crippen molar-refractivity contribution in [1.29, 1.82) is 0 Å². The van der Waals surface area contributed by atoms with Crippen LogP contribution < -0.4 is 16.6 Å². The van der Waals surface area contributed by atoms with Gasteiger partial charge in [-0.15, -0.1) is 4.63 Å². The Morgan fingerprint density at radius 1 is 1.42 bits per heavy atom. The summed E-state index contributed by atoms with van der Waals surface area (Å²) in [6.45, 7) is 0. The Kier molecular flexibility index (Phi) is 3.37. The van der Waals surface area contributed by atoms with Crippen LogP contribution in [0.4, 0.5) is 10.2 Å². The third-order valence-electron chi connectivity index (χ3n) is 2.10. The molecular weight excluding hydrogens is 257 g/mol. The summed E-state index contributed by atoms with van der Waals surface area (Å²) in [5, 5.41) is 9.00. The molecule has 1 heterocycles. The highest BCUT2D eigenvalue weighted by molar-refractivity contribution is 5.99.